The normalized spacial score (nSPS) is 11.7. The number of methoxy groups -OCH3 is 1. The van der Waals surface area contributed by atoms with Crippen molar-refractivity contribution < 1.29 is 14.3 Å². The van der Waals surface area contributed by atoms with Crippen molar-refractivity contribution in [1.29, 1.82) is 0 Å². The monoisotopic (exact) mass is 406 g/mol. The van der Waals surface area contributed by atoms with E-state index in [4.69, 9.17) is 26.8 Å². The fourth-order valence-electron chi connectivity index (χ4n) is 2.30. The molecule has 1 aromatic carbocycles. The van der Waals surface area contributed by atoms with Gasteiger partial charge in [-0.1, -0.05) is 38.8 Å². The molecule has 0 radical (unpaired) electrons. The summed E-state index contributed by atoms with van der Waals surface area (Å²) in [6.45, 7) is 7.40. The second kappa shape index (κ2) is 12.3. The van der Waals surface area contributed by atoms with Crippen LogP contribution in [0.15, 0.2) is 12.1 Å². The number of nitrogens with two attached hydrogens (primary N) is 1. The van der Waals surface area contributed by atoms with Crippen LogP contribution in [-0.4, -0.2) is 44.2 Å². The molecule has 2 N–H and O–H groups in total. The van der Waals surface area contributed by atoms with Crippen LogP contribution in [0.1, 0.15) is 50.4 Å². The highest BCUT2D eigenvalue weighted by Crippen LogP contribution is 2.36. The third-order valence-electron chi connectivity index (χ3n) is 4.22. The lowest BCUT2D eigenvalue weighted by atomic mass is 10.0. The molecule has 0 aliphatic heterocycles. The molecule has 5 nitrogen and oxygen atoms in total. The molecule has 1 unspecified atom stereocenters. The first-order chi connectivity index (χ1) is 11.8. The molecule has 0 saturated heterocycles. The highest BCUT2D eigenvalue weighted by Gasteiger charge is 2.19. The van der Waals surface area contributed by atoms with Gasteiger partial charge in [0.1, 0.15) is 0 Å². The van der Waals surface area contributed by atoms with Crippen LogP contribution < -0.4 is 15.2 Å². The molecule has 0 aromatic heterocycles. The molecule has 0 bridgehead atoms. The summed E-state index contributed by atoms with van der Waals surface area (Å²) in [7, 11) is 3.30. The maximum atomic E-state index is 12.6. The zero-order valence-corrected chi connectivity index (χ0v) is 18.0. The van der Waals surface area contributed by atoms with E-state index in [0.717, 1.165) is 19.3 Å². The first kappa shape index (κ1) is 24.8. The molecule has 0 saturated carbocycles. The van der Waals surface area contributed by atoms with Gasteiger partial charge in [-0.05, 0) is 30.9 Å². The molecule has 1 aromatic rings. The first-order valence-corrected chi connectivity index (χ1v) is 9.20. The first-order valence-electron chi connectivity index (χ1n) is 8.83. The summed E-state index contributed by atoms with van der Waals surface area (Å²) in [6.07, 6.45) is 2.71. The van der Waals surface area contributed by atoms with Crippen LogP contribution in [0.25, 0.3) is 0 Å². The number of rotatable bonds is 10. The summed E-state index contributed by atoms with van der Waals surface area (Å²) in [4.78, 5) is 14.3. The van der Waals surface area contributed by atoms with E-state index < -0.39 is 0 Å². The van der Waals surface area contributed by atoms with Crippen molar-refractivity contribution in [2.24, 2.45) is 11.7 Å². The van der Waals surface area contributed by atoms with Crippen molar-refractivity contribution in [3.63, 3.8) is 0 Å². The Labute approximate surface area is 168 Å². The van der Waals surface area contributed by atoms with Gasteiger partial charge < -0.3 is 20.1 Å². The second-order valence-electron chi connectivity index (χ2n) is 6.61. The largest absolute Gasteiger partial charge is 0.493 e. The minimum Gasteiger partial charge on any atom is -0.493 e. The van der Waals surface area contributed by atoms with Gasteiger partial charge in [0.05, 0.1) is 18.7 Å². The van der Waals surface area contributed by atoms with E-state index in [1.54, 1.807) is 24.1 Å². The van der Waals surface area contributed by atoms with Gasteiger partial charge in [0.2, 0.25) is 0 Å². The minimum atomic E-state index is -0.115. The Kier molecular flexibility index (Phi) is 11.7. The van der Waals surface area contributed by atoms with Gasteiger partial charge in [-0.25, -0.2) is 0 Å². The Morgan fingerprint density at radius 3 is 2.54 bits per heavy atom. The lowest BCUT2D eigenvalue weighted by molar-refractivity contribution is 0.0788. The quantitative estimate of drug-likeness (QED) is 0.584. The van der Waals surface area contributed by atoms with Gasteiger partial charge >= 0.3 is 0 Å². The Morgan fingerprint density at radius 1 is 1.35 bits per heavy atom. The molecule has 0 fully saturated rings. The number of unbranched alkanes of at least 4 members (excludes halogenated alkanes) is 1. The summed E-state index contributed by atoms with van der Waals surface area (Å²) in [5, 5.41) is 0.381. The average molecular weight is 407 g/mol. The lowest BCUT2D eigenvalue weighted by Crippen LogP contribution is -2.34. The van der Waals surface area contributed by atoms with E-state index in [0.29, 0.717) is 41.2 Å². The molecular formula is C19H32Cl2N2O3. The van der Waals surface area contributed by atoms with Gasteiger partial charge in [0, 0.05) is 25.2 Å². The molecule has 1 atom stereocenters. The van der Waals surface area contributed by atoms with Crippen LogP contribution in [-0.2, 0) is 0 Å². The Bertz CT molecular complexity index is 568. The molecule has 1 rings (SSSR count). The van der Waals surface area contributed by atoms with Gasteiger partial charge in [-0.15, -0.1) is 12.4 Å². The molecule has 7 heteroatoms. The Morgan fingerprint density at radius 2 is 2.00 bits per heavy atom. The fourth-order valence-corrected chi connectivity index (χ4v) is 2.57. The van der Waals surface area contributed by atoms with Gasteiger partial charge in [0.25, 0.3) is 5.91 Å². The zero-order chi connectivity index (χ0) is 19.0. The molecule has 0 heterocycles. The number of nitrogens with zero attached hydrogens (tertiary/aromatic N) is 1. The minimum absolute atomic E-state index is 0. The van der Waals surface area contributed by atoms with Crippen molar-refractivity contribution in [1.82, 2.24) is 4.90 Å². The Hall–Kier alpha value is -1.17. The van der Waals surface area contributed by atoms with Crippen LogP contribution in [0, 0.1) is 5.92 Å². The number of ether oxygens (including phenoxy) is 2. The number of amides is 1. The number of carbonyl (C=O) groups excluding carboxylic acids is 1. The number of benzene rings is 1. The van der Waals surface area contributed by atoms with E-state index in [-0.39, 0.29) is 24.4 Å². The number of hydrogen-bond acceptors (Lipinski definition) is 4. The van der Waals surface area contributed by atoms with Crippen LogP contribution in [0.2, 0.25) is 5.02 Å². The number of hydrogen-bond donors (Lipinski definition) is 1. The van der Waals surface area contributed by atoms with Gasteiger partial charge in [-0.2, -0.15) is 0 Å². The molecule has 0 spiro atoms. The average Bonchev–Trinajstić information content (AvgIpc) is 2.59. The predicted octanol–water partition coefficient (Wildman–Crippen LogP) is 4.39. The van der Waals surface area contributed by atoms with Crippen LogP contribution in [0.4, 0.5) is 0 Å². The van der Waals surface area contributed by atoms with Crippen molar-refractivity contribution in [2.75, 3.05) is 27.3 Å². The highest BCUT2D eigenvalue weighted by atomic mass is 35.5. The van der Waals surface area contributed by atoms with Crippen LogP contribution in [0.3, 0.4) is 0 Å². The third-order valence-corrected chi connectivity index (χ3v) is 4.50. The number of halogens is 2. The van der Waals surface area contributed by atoms with Gasteiger partial charge in [0.15, 0.2) is 11.5 Å². The molecule has 1 amide bonds. The summed E-state index contributed by atoms with van der Waals surface area (Å²) < 4.78 is 11.1. The second-order valence-corrected chi connectivity index (χ2v) is 7.02. The SMILES string of the molecule is CCCCOc1c(Cl)cc(C(=O)N(C)CCC(N)C(C)C)cc1OC.Cl. The van der Waals surface area contributed by atoms with Crippen molar-refractivity contribution in [3.05, 3.63) is 22.7 Å². The third kappa shape index (κ3) is 7.22. The smallest absolute Gasteiger partial charge is 0.253 e. The lowest BCUT2D eigenvalue weighted by Gasteiger charge is -2.22. The Balaban J connectivity index is 0.00000625. The highest BCUT2D eigenvalue weighted by molar-refractivity contribution is 6.32. The van der Waals surface area contributed by atoms with E-state index >= 15 is 0 Å². The molecule has 150 valence electrons. The topological polar surface area (TPSA) is 64.8 Å². The fraction of sp³-hybridized carbons (Fsp3) is 0.632. The summed E-state index contributed by atoms with van der Waals surface area (Å²) in [5.41, 5.74) is 6.53. The van der Waals surface area contributed by atoms with Crippen molar-refractivity contribution >= 4 is 29.9 Å². The van der Waals surface area contributed by atoms with Crippen LogP contribution >= 0.6 is 24.0 Å². The van der Waals surface area contributed by atoms with E-state index in [1.807, 2.05) is 0 Å². The summed E-state index contributed by atoms with van der Waals surface area (Å²) >= 11 is 6.31. The predicted molar refractivity (Wildman–Crippen MR) is 110 cm³/mol. The van der Waals surface area contributed by atoms with E-state index in [9.17, 15) is 4.79 Å². The number of carbonyl (C=O) groups is 1. The zero-order valence-electron chi connectivity index (χ0n) is 16.4. The van der Waals surface area contributed by atoms with Crippen molar-refractivity contribution in [2.45, 2.75) is 46.1 Å². The van der Waals surface area contributed by atoms with E-state index in [1.165, 1.54) is 7.11 Å². The maximum absolute atomic E-state index is 12.6. The molecule has 0 aliphatic rings. The summed E-state index contributed by atoms with van der Waals surface area (Å²) in [5.74, 6) is 1.23. The summed E-state index contributed by atoms with van der Waals surface area (Å²) in [6, 6.07) is 3.38. The van der Waals surface area contributed by atoms with E-state index in [2.05, 4.69) is 20.8 Å². The standard InChI is InChI=1S/C19H31ClN2O3.ClH/c1-6-7-10-25-18-15(20)11-14(12-17(18)24-5)19(23)22(4)9-8-16(21)13(2)3;/h11-13,16H,6-10,21H2,1-5H3;1H. The maximum Gasteiger partial charge on any atom is 0.253 e. The van der Waals surface area contributed by atoms with Crippen LogP contribution in [0.5, 0.6) is 11.5 Å². The molecular weight excluding hydrogens is 375 g/mol. The van der Waals surface area contributed by atoms with Gasteiger partial charge in [-0.3, -0.25) is 4.79 Å². The molecule has 0 aliphatic carbocycles. The molecule has 26 heavy (non-hydrogen) atoms. The van der Waals surface area contributed by atoms with Crippen molar-refractivity contribution in [3.8, 4) is 11.5 Å².